The predicted octanol–water partition coefficient (Wildman–Crippen LogP) is 9.74. The molecule has 35 heavy (non-hydrogen) atoms. The first-order valence-corrected chi connectivity index (χ1v) is 32.7. The van der Waals surface area contributed by atoms with Crippen LogP contribution in [0.1, 0.15) is 120 Å². The van der Waals surface area contributed by atoms with Crippen LogP contribution < -0.4 is 0 Å². The van der Waals surface area contributed by atoms with Crippen LogP contribution in [0.15, 0.2) is 0 Å². The third-order valence-electron chi connectivity index (χ3n) is 9.00. The number of hydrogen-bond acceptors (Lipinski definition) is 2. The quantitative estimate of drug-likeness (QED) is 0.0632. The summed E-state index contributed by atoms with van der Waals surface area (Å²) in [5.41, 5.74) is -6.46. The first-order chi connectivity index (χ1) is 16.8. The van der Waals surface area contributed by atoms with Gasteiger partial charge in [0.15, 0.2) is 0 Å². The molecule has 0 heterocycles. The van der Waals surface area contributed by atoms with Gasteiger partial charge in [-0.1, -0.05) is 0 Å². The molecule has 0 saturated carbocycles. The summed E-state index contributed by atoms with van der Waals surface area (Å²) in [4.78, 5) is 32.9. The third-order valence-corrected chi connectivity index (χ3v) is 118. The summed E-state index contributed by atoms with van der Waals surface area (Å²) in [6.07, 6.45) is 21.9. The van der Waals surface area contributed by atoms with Crippen molar-refractivity contribution in [3.63, 3.8) is 0 Å². The second-order valence-corrected chi connectivity index (χ2v) is 64.6. The Balaban J connectivity index is 8.63. The van der Waals surface area contributed by atoms with Crippen LogP contribution in [0.25, 0.3) is 0 Å². The van der Waals surface area contributed by atoms with E-state index in [9.17, 15) is 9.59 Å². The van der Waals surface area contributed by atoms with Gasteiger partial charge in [0.05, 0.1) is 0 Å². The molecule has 6 heteroatoms. The van der Waals surface area contributed by atoms with Crippen molar-refractivity contribution in [2.75, 3.05) is 55.5 Å². The number of carbonyl (C=O) groups excluding carboxylic acids is 2. The van der Waals surface area contributed by atoms with Crippen LogP contribution in [0.5, 0.6) is 0 Å². The fraction of sp³-hybridized carbons (Fsp3) is 0.931. The van der Waals surface area contributed by atoms with Gasteiger partial charge in [-0.05, 0) is 0 Å². The fourth-order valence-electron chi connectivity index (χ4n) is 8.56. The predicted molar refractivity (Wildman–Crippen MR) is 175 cm³/mol. The minimum atomic E-state index is -4.14. The van der Waals surface area contributed by atoms with Gasteiger partial charge >= 0.3 is 224 Å². The molecule has 0 aromatic heterocycles. The van der Waals surface area contributed by atoms with Gasteiger partial charge in [0.2, 0.25) is 0 Å². The van der Waals surface area contributed by atoms with Gasteiger partial charge in [-0.3, -0.25) is 0 Å². The van der Waals surface area contributed by atoms with E-state index >= 15 is 0 Å². The molecule has 0 bridgehead atoms. The molecule has 0 fully saturated rings. The van der Waals surface area contributed by atoms with Gasteiger partial charge in [-0.25, -0.2) is 0 Å². The molecule has 0 aliphatic carbocycles. The Kier molecular flexibility index (Phi) is 17.7. The summed E-state index contributed by atoms with van der Waals surface area (Å²) >= 11 is -4.14. The maximum atomic E-state index is 14.7. The molecule has 0 aliphatic heterocycles. The van der Waals surface area contributed by atoms with E-state index in [0.29, 0.717) is 0 Å². The van der Waals surface area contributed by atoms with Crippen LogP contribution in [0.2, 0.25) is 0 Å². The molecule has 0 saturated heterocycles. The van der Waals surface area contributed by atoms with Crippen LogP contribution in [0.3, 0.4) is 0 Å². The molecule has 0 N–H and O–H groups in total. The average Bonchev–Trinajstić information content (AvgIpc) is 2.82. The van der Waals surface area contributed by atoms with E-state index in [0.717, 1.165) is 0 Å². The Morgan fingerprint density at radius 1 is 0.371 bits per heavy atom. The second-order valence-electron chi connectivity index (χ2n) is 11.3. The molecular formula is C29H68O2P3Ru. The molecule has 0 aliphatic rings. The Morgan fingerprint density at radius 2 is 0.514 bits per heavy atom. The van der Waals surface area contributed by atoms with Crippen molar-refractivity contribution >= 4 is 26.5 Å². The van der Waals surface area contributed by atoms with Crippen molar-refractivity contribution < 1.29 is 21.7 Å². The van der Waals surface area contributed by atoms with Gasteiger partial charge in [0.1, 0.15) is 0 Å². The number of carbonyl (C=O) groups is 2. The summed E-state index contributed by atoms with van der Waals surface area (Å²) in [5, 5.41) is 0. The normalized spacial score (nSPS) is 15.9. The molecule has 0 spiro atoms. The van der Waals surface area contributed by atoms with Crippen molar-refractivity contribution in [1.82, 2.24) is 0 Å². The standard InChI is InChI=1S/3C9H21P.2CHO.Ru/c3*1-4-7-10(8-5-2)9-6-3;2*1-2;/h3*4-9H2,1-3H3;2*1H;/q;;;;;-3/p+3. The fourth-order valence-corrected chi connectivity index (χ4v) is 159. The van der Waals surface area contributed by atoms with Crippen LogP contribution in [0.4, 0.5) is 0 Å². The monoisotopic (exact) mass is 643 g/mol. The third kappa shape index (κ3) is 5.90. The zero-order chi connectivity index (χ0) is 27.1. The Hall–Kier alpha value is 1.25. The second kappa shape index (κ2) is 17.1. The van der Waals surface area contributed by atoms with Crippen molar-refractivity contribution in [1.29, 1.82) is 0 Å². The van der Waals surface area contributed by atoms with E-state index < -0.39 is 28.9 Å². The first-order valence-electron chi connectivity index (χ1n) is 15.5. The van der Waals surface area contributed by atoms with Gasteiger partial charge in [0.25, 0.3) is 0 Å². The van der Waals surface area contributed by atoms with Gasteiger partial charge in [0, 0.05) is 0 Å². The summed E-state index contributed by atoms with van der Waals surface area (Å²) < 4.78 is 0. The van der Waals surface area contributed by atoms with Crippen LogP contribution in [0, 0.1) is 0 Å². The first kappa shape index (κ1) is 36.3. The van der Waals surface area contributed by atoms with Crippen LogP contribution >= 0.6 is 16.8 Å². The Morgan fingerprint density at radius 3 is 0.600 bits per heavy atom. The topological polar surface area (TPSA) is 34.1 Å². The SMILES string of the molecule is CCC[PH](CCC)(CCC)[Ru]([CH]=O)([CH]=O)([PH](CCC)(CCC)CCC)[PH](CCC)(CCC)CCC. The van der Waals surface area contributed by atoms with Gasteiger partial charge < -0.3 is 0 Å². The Labute approximate surface area is 223 Å². The summed E-state index contributed by atoms with van der Waals surface area (Å²) in [6.45, 7) is 21.3. The zero-order valence-corrected chi connectivity index (χ0v) is 30.3. The van der Waals surface area contributed by atoms with E-state index in [4.69, 9.17) is 0 Å². The van der Waals surface area contributed by atoms with Crippen molar-refractivity contribution in [2.45, 2.75) is 120 Å². The van der Waals surface area contributed by atoms with Crippen LogP contribution in [-0.2, 0) is 21.7 Å². The Bertz CT molecular complexity index is 480. The van der Waals surface area contributed by atoms with E-state index in [1.165, 1.54) is 113 Å². The van der Waals surface area contributed by atoms with E-state index in [1.54, 1.807) is 9.76 Å². The zero-order valence-electron chi connectivity index (χ0n) is 25.6. The summed E-state index contributed by atoms with van der Waals surface area (Å²) in [6, 6.07) is 0. The van der Waals surface area contributed by atoms with Crippen molar-refractivity contribution in [3.05, 3.63) is 0 Å². The summed E-state index contributed by atoms with van der Waals surface area (Å²) in [7, 11) is 0. The average molecular weight is 643 g/mol. The molecule has 0 radical (unpaired) electrons. The molecule has 2 nitrogen and oxygen atoms in total. The molecule has 0 rings (SSSR count). The van der Waals surface area contributed by atoms with Crippen molar-refractivity contribution in [2.24, 2.45) is 0 Å². The molecule has 0 aromatic rings. The van der Waals surface area contributed by atoms with Crippen LogP contribution in [-0.4, -0.2) is 65.2 Å². The summed E-state index contributed by atoms with van der Waals surface area (Å²) in [5.74, 6) is 0. The maximum absolute atomic E-state index is 14.7. The van der Waals surface area contributed by atoms with Gasteiger partial charge in [-0.2, -0.15) is 0 Å². The molecule has 0 unspecified atom stereocenters. The van der Waals surface area contributed by atoms with E-state index in [-0.39, 0.29) is 0 Å². The molecule has 0 atom stereocenters. The molecule has 0 amide bonds. The van der Waals surface area contributed by atoms with Crippen molar-refractivity contribution in [3.8, 4) is 0 Å². The van der Waals surface area contributed by atoms with Gasteiger partial charge in [-0.15, -0.1) is 0 Å². The van der Waals surface area contributed by atoms with E-state index in [1.807, 2.05) is 0 Å². The number of hydrogen-bond donors (Lipinski definition) is 0. The minimum absolute atomic E-state index is 1.17. The molecular weight excluding hydrogens is 574 g/mol. The molecule has 219 valence electrons. The molecule has 0 aromatic carbocycles. The van der Waals surface area contributed by atoms with E-state index in [2.05, 4.69) is 62.3 Å². The number of rotatable bonds is 23.